The maximum absolute atomic E-state index is 12.1. The molecule has 2 aromatic rings. The monoisotopic (exact) mass is 342 g/mol. The van der Waals surface area contributed by atoms with E-state index in [1.807, 2.05) is 0 Å². The van der Waals surface area contributed by atoms with Gasteiger partial charge in [0.1, 0.15) is 17.3 Å². The lowest BCUT2D eigenvalue weighted by Crippen LogP contribution is -2.15. The first kappa shape index (κ1) is 17.0. The zero-order chi connectivity index (χ0) is 17.5. The van der Waals surface area contributed by atoms with Gasteiger partial charge in [-0.2, -0.15) is 5.26 Å². The van der Waals surface area contributed by atoms with Crippen LogP contribution in [0.2, 0.25) is 5.02 Å². The predicted molar refractivity (Wildman–Crippen MR) is 90.5 cm³/mol. The summed E-state index contributed by atoms with van der Waals surface area (Å²) < 4.78 is 0. The van der Waals surface area contributed by atoms with Crippen LogP contribution in [0.25, 0.3) is 0 Å². The Morgan fingerprint density at radius 3 is 2.50 bits per heavy atom. The molecule has 7 nitrogen and oxygen atoms in total. The van der Waals surface area contributed by atoms with E-state index < -0.39 is 10.8 Å². The molecule has 2 N–H and O–H groups in total. The lowest BCUT2D eigenvalue weighted by atomic mass is 10.2. The normalized spacial score (nSPS) is 10.6. The van der Waals surface area contributed by atoms with Gasteiger partial charge in [-0.25, -0.2) is 0 Å². The summed E-state index contributed by atoms with van der Waals surface area (Å²) in [4.78, 5) is 22.4. The fourth-order valence-corrected chi connectivity index (χ4v) is 1.90. The molecule has 0 aliphatic heterocycles. The molecule has 0 fully saturated rings. The van der Waals surface area contributed by atoms with Crippen molar-refractivity contribution in [3.05, 3.63) is 75.4 Å². The second kappa shape index (κ2) is 7.76. The van der Waals surface area contributed by atoms with Gasteiger partial charge in [0.15, 0.2) is 0 Å². The molecular weight excluding hydrogens is 332 g/mol. The van der Waals surface area contributed by atoms with Gasteiger partial charge in [0.2, 0.25) is 0 Å². The minimum atomic E-state index is -0.756. The van der Waals surface area contributed by atoms with Crippen molar-refractivity contribution in [3.8, 4) is 6.07 Å². The van der Waals surface area contributed by atoms with Gasteiger partial charge in [0.05, 0.1) is 4.92 Å². The van der Waals surface area contributed by atoms with Gasteiger partial charge < -0.3 is 10.6 Å². The van der Waals surface area contributed by atoms with E-state index in [1.165, 1.54) is 24.4 Å². The molecule has 2 rings (SSSR count). The summed E-state index contributed by atoms with van der Waals surface area (Å²) in [5.41, 5.74) is 0.155. The number of nitriles is 1. The second-order valence-corrected chi connectivity index (χ2v) is 4.99. The Morgan fingerprint density at radius 1 is 1.21 bits per heavy atom. The number of carbonyl (C=O) groups is 1. The highest BCUT2D eigenvalue weighted by molar-refractivity contribution is 6.30. The lowest BCUT2D eigenvalue weighted by molar-refractivity contribution is -0.383. The van der Waals surface area contributed by atoms with E-state index >= 15 is 0 Å². The van der Waals surface area contributed by atoms with E-state index in [1.54, 1.807) is 36.4 Å². The van der Waals surface area contributed by atoms with Crippen LogP contribution in [-0.4, -0.2) is 10.8 Å². The van der Waals surface area contributed by atoms with Gasteiger partial charge in [0.25, 0.3) is 11.6 Å². The first-order valence-electron chi connectivity index (χ1n) is 6.68. The first-order valence-corrected chi connectivity index (χ1v) is 7.06. The summed E-state index contributed by atoms with van der Waals surface area (Å²) in [6.45, 7) is 0. The number of carbonyl (C=O) groups excluding carboxylic acids is 1. The van der Waals surface area contributed by atoms with Crippen molar-refractivity contribution in [3.63, 3.8) is 0 Å². The topological polar surface area (TPSA) is 108 Å². The molecule has 120 valence electrons. The van der Waals surface area contributed by atoms with Crippen LogP contribution >= 0.6 is 11.6 Å². The van der Waals surface area contributed by atoms with Crippen LogP contribution in [-0.2, 0) is 4.79 Å². The van der Waals surface area contributed by atoms with E-state index in [4.69, 9.17) is 16.9 Å². The number of nitrogens with zero attached hydrogens (tertiary/aromatic N) is 2. The molecule has 0 saturated carbocycles. The number of amides is 1. The molecule has 0 unspecified atom stereocenters. The van der Waals surface area contributed by atoms with Crippen LogP contribution < -0.4 is 10.6 Å². The third-order valence-corrected chi connectivity index (χ3v) is 3.19. The molecule has 0 aliphatic rings. The summed E-state index contributed by atoms with van der Waals surface area (Å²) in [5.74, 6) is -0.756. The third kappa shape index (κ3) is 4.32. The number of hydrogen-bond donors (Lipinski definition) is 2. The Balaban J connectivity index is 2.15. The number of hydrogen-bond acceptors (Lipinski definition) is 5. The van der Waals surface area contributed by atoms with Crippen LogP contribution in [0.4, 0.5) is 17.1 Å². The number of benzene rings is 2. The number of halogens is 1. The number of nitro benzene ring substituents is 1. The molecule has 0 aliphatic carbocycles. The standard InChI is InChI=1S/C16H11ClN4O3/c17-12-5-7-13(8-6-12)19-10-11(9-18)16(22)20-14-3-1-2-4-15(14)21(23)24/h1-8,10,19H,(H,20,22)/b11-10-. The van der Waals surface area contributed by atoms with Gasteiger partial charge in [-0.05, 0) is 30.3 Å². The Labute approximate surface area is 142 Å². The summed E-state index contributed by atoms with van der Waals surface area (Å²) >= 11 is 5.77. The van der Waals surface area contributed by atoms with E-state index in [0.717, 1.165) is 0 Å². The number of nitrogens with one attached hydrogen (secondary N) is 2. The van der Waals surface area contributed by atoms with E-state index in [-0.39, 0.29) is 16.9 Å². The number of rotatable bonds is 5. The van der Waals surface area contributed by atoms with Gasteiger partial charge in [0, 0.05) is 23.0 Å². The largest absolute Gasteiger partial charge is 0.360 e. The third-order valence-electron chi connectivity index (χ3n) is 2.94. The summed E-state index contributed by atoms with van der Waals surface area (Å²) in [6, 6.07) is 14.1. The first-order chi connectivity index (χ1) is 11.5. The van der Waals surface area contributed by atoms with Gasteiger partial charge >= 0.3 is 0 Å². The number of nitro groups is 1. The molecule has 2 aromatic carbocycles. The Kier molecular flexibility index (Phi) is 5.49. The predicted octanol–water partition coefficient (Wildman–Crippen LogP) is 3.71. The van der Waals surface area contributed by atoms with Crippen molar-refractivity contribution < 1.29 is 9.72 Å². The molecule has 8 heteroatoms. The van der Waals surface area contributed by atoms with Crippen molar-refractivity contribution in [2.24, 2.45) is 0 Å². The molecule has 0 atom stereocenters. The maximum Gasteiger partial charge on any atom is 0.292 e. The van der Waals surface area contributed by atoms with Gasteiger partial charge in [-0.15, -0.1) is 0 Å². The SMILES string of the molecule is N#C/C(=C/Nc1ccc(Cl)cc1)C(=O)Nc1ccccc1[N+](=O)[O-]. The average molecular weight is 343 g/mol. The number of para-hydroxylation sites is 2. The Morgan fingerprint density at radius 2 is 1.88 bits per heavy atom. The highest BCUT2D eigenvalue weighted by atomic mass is 35.5. The molecule has 0 bridgehead atoms. The Hall–Kier alpha value is -3.37. The van der Waals surface area contributed by atoms with Crippen LogP contribution in [0.15, 0.2) is 60.3 Å². The van der Waals surface area contributed by atoms with Crippen LogP contribution in [0, 0.1) is 21.4 Å². The summed E-state index contributed by atoms with van der Waals surface area (Å²) in [6.07, 6.45) is 1.22. The van der Waals surface area contributed by atoms with Crippen molar-refractivity contribution in [1.29, 1.82) is 5.26 Å². The average Bonchev–Trinajstić information content (AvgIpc) is 2.57. The summed E-state index contributed by atoms with van der Waals surface area (Å²) in [7, 11) is 0. The fraction of sp³-hybridized carbons (Fsp3) is 0. The van der Waals surface area contributed by atoms with E-state index in [9.17, 15) is 14.9 Å². The van der Waals surface area contributed by atoms with Crippen LogP contribution in [0.5, 0.6) is 0 Å². The highest BCUT2D eigenvalue weighted by Gasteiger charge is 2.17. The smallest absolute Gasteiger partial charge is 0.292 e. The molecule has 0 aromatic heterocycles. The minimum Gasteiger partial charge on any atom is -0.360 e. The maximum atomic E-state index is 12.1. The zero-order valence-corrected chi connectivity index (χ0v) is 12.9. The second-order valence-electron chi connectivity index (χ2n) is 4.55. The van der Waals surface area contributed by atoms with Crippen molar-refractivity contribution in [2.75, 3.05) is 10.6 Å². The van der Waals surface area contributed by atoms with Crippen LogP contribution in [0.3, 0.4) is 0 Å². The van der Waals surface area contributed by atoms with Crippen molar-refractivity contribution >= 4 is 34.6 Å². The molecule has 0 saturated heterocycles. The quantitative estimate of drug-likeness (QED) is 0.372. The lowest BCUT2D eigenvalue weighted by Gasteiger charge is -2.06. The zero-order valence-electron chi connectivity index (χ0n) is 12.2. The fourth-order valence-electron chi connectivity index (χ4n) is 1.78. The van der Waals surface area contributed by atoms with Gasteiger partial charge in [-0.1, -0.05) is 23.7 Å². The van der Waals surface area contributed by atoms with Gasteiger partial charge in [-0.3, -0.25) is 14.9 Å². The van der Waals surface area contributed by atoms with Crippen molar-refractivity contribution in [1.82, 2.24) is 0 Å². The van der Waals surface area contributed by atoms with E-state index in [2.05, 4.69) is 10.6 Å². The molecule has 0 spiro atoms. The summed E-state index contributed by atoms with van der Waals surface area (Å²) in [5, 5.41) is 25.7. The molecule has 0 radical (unpaired) electrons. The molecule has 0 heterocycles. The highest BCUT2D eigenvalue weighted by Crippen LogP contribution is 2.23. The number of anilines is 2. The molecule has 24 heavy (non-hydrogen) atoms. The minimum absolute atomic E-state index is 0.0140. The van der Waals surface area contributed by atoms with Crippen LogP contribution in [0.1, 0.15) is 0 Å². The Bertz CT molecular complexity index is 841. The molecule has 1 amide bonds. The van der Waals surface area contributed by atoms with E-state index in [0.29, 0.717) is 10.7 Å². The van der Waals surface area contributed by atoms with Crippen molar-refractivity contribution in [2.45, 2.75) is 0 Å². The molecular formula is C16H11ClN4O3.